The molecule has 0 amide bonds. The summed E-state index contributed by atoms with van der Waals surface area (Å²) in [6.45, 7) is 2.71. The molecule has 1 aliphatic rings. The molecule has 6 nitrogen and oxygen atoms in total. The Morgan fingerprint density at radius 1 is 0.969 bits per heavy atom. The fourth-order valence-electron chi connectivity index (χ4n) is 3.93. The largest absolute Gasteiger partial charge is 0.417 e. The Morgan fingerprint density at radius 3 is 2.38 bits per heavy atom. The van der Waals surface area contributed by atoms with Crippen molar-refractivity contribution >= 4 is 16.9 Å². The van der Waals surface area contributed by atoms with E-state index in [0.717, 1.165) is 25.0 Å². The molecule has 0 radical (unpaired) electrons. The van der Waals surface area contributed by atoms with Crippen LogP contribution in [-0.4, -0.2) is 46.1 Å². The molecule has 5 rings (SSSR count). The van der Waals surface area contributed by atoms with Gasteiger partial charge in [-0.25, -0.2) is 14.6 Å². The lowest BCUT2D eigenvalue weighted by molar-refractivity contribution is -0.136. The number of hydrogen-bond acceptors (Lipinski definition) is 5. The lowest BCUT2D eigenvalue weighted by Crippen LogP contribution is -2.36. The first kappa shape index (κ1) is 20.4. The summed E-state index contributed by atoms with van der Waals surface area (Å²) in [5, 5.41) is 4.36. The second-order valence-corrected chi connectivity index (χ2v) is 7.59. The topological polar surface area (TPSA) is 56.1 Å². The third kappa shape index (κ3) is 3.69. The molecule has 3 aromatic heterocycles. The van der Waals surface area contributed by atoms with E-state index in [0.29, 0.717) is 24.3 Å². The van der Waals surface area contributed by atoms with Crippen molar-refractivity contribution in [3.8, 4) is 22.5 Å². The van der Waals surface area contributed by atoms with Gasteiger partial charge in [0, 0.05) is 37.5 Å². The van der Waals surface area contributed by atoms with E-state index in [-0.39, 0.29) is 22.4 Å². The van der Waals surface area contributed by atoms with Gasteiger partial charge in [0.25, 0.3) is 0 Å². The van der Waals surface area contributed by atoms with Gasteiger partial charge < -0.3 is 9.64 Å². The summed E-state index contributed by atoms with van der Waals surface area (Å²) in [5.41, 5.74) is 0.989. The fourth-order valence-corrected chi connectivity index (χ4v) is 3.93. The highest BCUT2D eigenvalue weighted by Crippen LogP contribution is 2.40. The molecule has 0 saturated carbocycles. The number of hydrogen-bond donors (Lipinski definition) is 0. The van der Waals surface area contributed by atoms with Crippen molar-refractivity contribution in [2.45, 2.75) is 6.18 Å². The predicted molar refractivity (Wildman–Crippen MR) is 115 cm³/mol. The van der Waals surface area contributed by atoms with Crippen LogP contribution in [0.1, 0.15) is 5.56 Å². The van der Waals surface area contributed by atoms with Crippen molar-refractivity contribution < 1.29 is 17.9 Å². The second-order valence-electron chi connectivity index (χ2n) is 7.59. The summed E-state index contributed by atoms with van der Waals surface area (Å²) in [5.74, 6) is 0.765. The third-order valence-electron chi connectivity index (χ3n) is 5.53. The number of anilines is 1. The highest BCUT2D eigenvalue weighted by atomic mass is 19.4. The zero-order valence-electron chi connectivity index (χ0n) is 17.3. The molecule has 0 N–H and O–H groups in total. The minimum atomic E-state index is -4.57. The van der Waals surface area contributed by atoms with Gasteiger partial charge in [0.1, 0.15) is 11.5 Å². The number of aromatic nitrogens is 4. The van der Waals surface area contributed by atoms with Gasteiger partial charge in [0.05, 0.1) is 29.9 Å². The number of benzene rings is 1. The Balaban J connectivity index is 1.63. The smallest absolute Gasteiger partial charge is 0.378 e. The number of ether oxygens (including phenoxy) is 1. The van der Waals surface area contributed by atoms with Crippen LogP contribution in [0.2, 0.25) is 0 Å². The summed E-state index contributed by atoms with van der Waals surface area (Å²) >= 11 is 0. The standard InChI is InChI=1S/C23H20F3N5O/c1-30-22-20(21(29-30)15-5-3-2-4-6-15)17(23(24,25)26)13-18(28-22)16-7-8-19(27-14-16)31-9-11-32-12-10-31/h2-8,13-14H,9-12H2,1H3. The normalized spacial score (nSPS) is 14.8. The monoisotopic (exact) mass is 439 g/mol. The van der Waals surface area contributed by atoms with Crippen LogP contribution in [-0.2, 0) is 18.0 Å². The van der Waals surface area contributed by atoms with E-state index in [1.54, 1.807) is 49.6 Å². The van der Waals surface area contributed by atoms with Gasteiger partial charge in [0.2, 0.25) is 0 Å². The van der Waals surface area contributed by atoms with Crippen LogP contribution in [0.15, 0.2) is 54.7 Å². The maximum atomic E-state index is 14.1. The van der Waals surface area contributed by atoms with Crippen LogP contribution < -0.4 is 4.90 Å². The molecular weight excluding hydrogens is 419 g/mol. The van der Waals surface area contributed by atoms with Gasteiger partial charge >= 0.3 is 6.18 Å². The summed E-state index contributed by atoms with van der Waals surface area (Å²) in [4.78, 5) is 11.1. The van der Waals surface area contributed by atoms with Gasteiger partial charge in [-0.15, -0.1) is 0 Å². The minimum absolute atomic E-state index is 0.00662. The number of morpholine rings is 1. The van der Waals surface area contributed by atoms with Crippen molar-refractivity contribution in [1.82, 2.24) is 19.7 Å². The average molecular weight is 439 g/mol. The maximum Gasteiger partial charge on any atom is 0.417 e. The maximum absolute atomic E-state index is 14.1. The molecule has 9 heteroatoms. The van der Waals surface area contributed by atoms with Crippen molar-refractivity contribution in [2.24, 2.45) is 7.05 Å². The molecular formula is C23H20F3N5O. The number of rotatable bonds is 3. The summed E-state index contributed by atoms with van der Waals surface area (Å²) in [6, 6.07) is 13.5. The molecule has 0 atom stereocenters. The Bertz CT molecular complexity index is 1250. The average Bonchev–Trinajstić information content (AvgIpc) is 3.15. The SMILES string of the molecule is Cn1nc(-c2ccccc2)c2c(C(F)(F)F)cc(-c3ccc(N4CCOCC4)nc3)nc21. The molecule has 0 spiro atoms. The number of pyridine rings is 2. The van der Waals surface area contributed by atoms with Crippen LogP contribution in [0, 0.1) is 0 Å². The predicted octanol–water partition coefficient (Wildman–Crippen LogP) is 4.55. The van der Waals surface area contributed by atoms with E-state index in [2.05, 4.69) is 20.0 Å². The zero-order valence-corrected chi connectivity index (χ0v) is 17.3. The Morgan fingerprint density at radius 2 is 1.72 bits per heavy atom. The van der Waals surface area contributed by atoms with Gasteiger partial charge in [-0.1, -0.05) is 30.3 Å². The summed E-state index contributed by atoms with van der Waals surface area (Å²) in [6.07, 6.45) is -3.00. The molecule has 1 aliphatic heterocycles. The molecule has 4 aromatic rings. The zero-order chi connectivity index (χ0) is 22.3. The lowest BCUT2D eigenvalue weighted by Gasteiger charge is -2.27. The quantitative estimate of drug-likeness (QED) is 0.469. The molecule has 1 aromatic carbocycles. The van der Waals surface area contributed by atoms with Crippen LogP contribution in [0.25, 0.3) is 33.5 Å². The number of fused-ring (bicyclic) bond motifs is 1. The minimum Gasteiger partial charge on any atom is -0.378 e. The molecule has 1 saturated heterocycles. The highest BCUT2D eigenvalue weighted by molar-refractivity contribution is 5.95. The van der Waals surface area contributed by atoms with Crippen LogP contribution in [0.4, 0.5) is 19.0 Å². The van der Waals surface area contributed by atoms with E-state index >= 15 is 0 Å². The van der Waals surface area contributed by atoms with E-state index in [1.165, 1.54) is 4.68 Å². The first-order valence-corrected chi connectivity index (χ1v) is 10.2. The lowest BCUT2D eigenvalue weighted by atomic mass is 10.0. The van der Waals surface area contributed by atoms with Crippen molar-refractivity contribution in [3.63, 3.8) is 0 Å². The van der Waals surface area contributed by atoms with Crippen molar-refractivity contribution in [1.29, 1.82) is 0 Å². The summed E-state index contributed by atoms with van der Waals surface area (Å²) in [7, 11) is 1.60. The van der Waals surface area contributed by atoms with Crippen molar-refractivity contribution in [2.75, 3.05) is 31.2 Å². The summed E-state index contributed by atoms with van der Waals surface area (Å²) < 4.78 is 49.1. The number of nitrogens with zero attached hydrogens (tertiary/aromatic N) is 5. The first-order valence-electron chi connectivity index (χ1n) is 10.2. The number of alkyl halides is 3. The molecule has 4 heterocycles. The van der Waals surface area contributed by atoms with Gasteiger partial charge in [-0.2, -0.15) is 18.3 Å². The van der Waals surface area contributed by atoms with Gasteiger partial charge in [-0.3, -0.25) is 0 Å². The Labute approximate surface area is 182 Å². The van der Waals surface area contributed by atoms with E-state index in [4.69, 9.17) is 4.74 Å². The number of aryl methyl sites for hydroxylation is 1. The van der Waals surface area contributed by atoms with Crippen molar-refractivity contribution in [3.05, 3.63) is 60.3 Å². The Hall–Kier alpha value is -3.46. The number of halogens is 3. The molecule has 1 fully saturated rings. The highest BCUT2D eigenvalue weighted by Gasteiger charge is 2.36. The Kier molecular flexibility index (Phi) is 5.05. The van der Waals surface area contributed by atoms with E-state index < -0.39 is 11.7 Å². The first-order chi connectivity index (χ1) is 15.4. The molecule has 0 bridgehead atoms. The second kappa shape index (κ2) is 7.90. The molecule has 0 unspecified atom stereocenters. The fraction of sp³-hybridized carbons (Fsp3) is 0.261. The third-order valence-corrected chi connectivity index (χ3v) is 5.53. The molecule has 32 heavy (non-hydrogen) atoms. The molecule has 0 aliphatic carbocycles. The van der Waals surface area contributed by atoms with E-state index in [9.17, 15) is 13.2 Å². The van der Waals surface area contributed by atoms with Gasteiger partial charge in [0.15, 0.2) is 5.65 Å². The van der Waals surface area contributed by atoms with Gasteiger partial charge in [-0.05, 0) is 18.2 Å². The van der Waals surface area contributed by atoms with Crippen LogP contribution in [0.3, 0.4) is 0 Å². The van der Waals surface area contributed by atoms with E-state index in [1.807, 2.05) is 6.07 Å². The van der Waals surface area contributed by atoms with Crippen LogP contribution in [0.5, 0.6) is 0 Å². The molecule has 164 valence electrons. The van der Waals surface area contributed by atoms with Crippen LogP contribution >= 0.6 is 0 Å².